The number of thiocarbonyl (C=S) groups is 1. The van der Waals surface area contributed by atoms with Crippen molar-refractivity contribution in [2.24, 2.45) is 5.10 Å². The minimum Gasteiger partial charge on any atom is -0.490 e. The molecule has 3 rings (SSSR count). The SMILES string of the molecule is CCOc1cc(/C=N\NC(=S)Nc2ccccc2)ccc1OC(=O)c1ccc(Cl)cc1. The standard InChI is InChI=1S/C23H20ClN3O3S/c1-2-29-21-14-16(15-25-27-23(31)26-19-6-4-3-5-7-19)8-13-20(21)30-22(28)17-9-11-18(24)12-10-17/h3-15H,2H2,1H3,(H2,26,27,31)/b25-15-. The van der Waals surface area contributed by atoms with Gasteiger partial charge in [-0.1, -0.05) is 29.8 Å². The smallest absolute Gasteiger partial charge is 0.343 e. The van der Waals surface area contributed by atoms with Gasteiger partial charge in [-0.3, -0.25) is 5.43 Å². The Bertz CT molecular complexity index is 1070. The van der Waals surface area contributed by atoms with Crippen molar-refractivity contribution < 1.29 is 14.3 Å². The number of anilines is 1. The maximum atomic E-state index is 12.4. The number of hydrogen-bond acceptors (Lipinski definition) is 5. The van der Waals surface area contributed by atoms with Crippen LogP contribution in [0, 0.1) is 0 Å². The van der Waals surface area contributed by atoms with Gasteiger partial charge in [-0.05, 0) is 79.3 Å². The van der Waals surface area contributed by atoms with E-state index in [2.05, 4.69) is 15.8 Å². The highest BCUT2D eigenvalue weighted by Gasteiger charge is 2.13. The summed E-state index contributed by atoms with van der Waals surface area (Å²) >= 11 is 11.1. The first-order valence-corrected chi connectivity index (χ1v) is 10.2. The lowest BCUT2D eigenvalue weighted by atomic mass is 10.2. The number of hydrazone groups is 1. The molecule has 158 valence electrons. The number of nitrogens with zero attached hydrogens (tertiary/aromatic N) is 1. The number of ether oxygens (including phenoxy) is 2. The fourth-order valence-electron chi connectivity index (χ4n) is 2.55. The van der Waals surface area contributed by atoms with Gasteiger partial charge in [0.15, 0.2) is 16.6 Å². The van der Waals surface area contributed by atoms with Gasteiger partial charge in [0.25, 0.3) is 0 Å². The maximum Gasteiger partial charge on any atom is 0.343 e. The Balaban J connectivity index is 1.65. The lowest BCUT2D eigenvalue weighted by Gasteiger charge is -2.11. The van der Waals surface area contributed by atoms with E-state index >= 15 is 0 Å². The van der Waals surface area contributed by atoms with Crippen molar-refractivity contribution in [1.82, 2.24) is 5.43 Å². The summed E-state index contributed by atoms with van der Waals surface area (Å²) in [7, 11) is 0. The average Bonchev–Trinajstić information content (AvgIpc) is 2.77. The van der Waals surface area contributed by atoms with Gasteiger partial charge in [-0.2, -0.15) is 5.10 Å². The normalized spacial score (nSPS) is 10.5. The summed E-state index contributed by atoms with van der Waals surface area (Å²) in [6.07, 6.45) is 1.59. The summed E-state index contributed by atoms with van der Waals surface area (Å²) in [4.78, 5) is 12.4. The molecule has 0 aliphatic carbocycles. The van der Waals surface area contributed by atoms with E-state index < -0.39 is 5.97 Å². The van der Waals surface area contributed by atoms with Gasteiger partial charge < -0.3 is 14.8 Å². The minimum absolute atomic E-state index is 0.313. The first-order valence-electron chi connectivity index (χ1n) is 9.45. The number of halogens is 1. The van der Waals surface area contributed by atoms with Crippen LogP contribution in [0.5, 0.6) is 11.5 Å². The predicted molar refractivity (Wildman–Crippen MR) is 127 cm³/mol. The van der Waals surface area contributed by atoms with Gasteiger partial charge in [0.1, 0.15) is 0 Å². The molecule has 0 amide bonds. The number of esters is 1. The summed E-state index contributed by atoms with van der Waals surface area (Å²) in [5.41, 5.74) is 4.75. The quantitative estimate of drug-likeness (QED) is 0.167. The van der Waals surface area contributed by atoms with Crippen molar-refractivity contribution in [3.8, 4) is 11.5 Å². The monoisotopic (exact) mass is 453 g/mol. The molecule has 8 heteroatoms. The molecule has 0 aliphatic rings. The summed E-state index contributed by atoms with van der Waals surface area (Å²) in [6, 6.07) is 21.1. The largest absolute Gasteiger partial charge is 0.490 e. The zero-order valence-electron chi connectivity index (χ0n) is 16.7. The number of benzene rings is 3. The van der Waals surface area contributed by atoms with E-state index in [9.17, 15) is 4.79 Å². The molecular weight excluding hydrogens is 434 g/mol. The van der Waals surface area contributed by atoms with E-state index in [-0.39, 0.29) is 0 Å². The van der Waals surface area contributed by atoms with Crippen LogP contribution in [0.2, 0.25) is 5.02 Å². The van der Waals surface area contributed by atoms with Gasteiger partial charge in [-0.15, -0.1) is 0 Å². The van der Waals surface area contributed by atoms with Gasteiger partial charge in [0.2, 0.25) is 0 Å². The molecule has 0 radical (unpaired) electrons. The highest BCUT2D eigenvalue weighted by molar-refractivity contribution is 7.80. The van der Waals surface area contributed by atoms with Gasteiger partial charge in [0.05, 0.1) is 18.4 Å². The van der Waals surface area contributed by atoms with Crippen LogP contribution in [0.25, 0.3) is 0 Å². The second-order valence-electron chi connectivity index (χ2n) is 6.23. The molecule has 3 aromatic rings. The Morgan fingerprint density at radius 1 is 1.06 bits per heavy atom. The third-order valence-electron chi connectivity index (χ3n) is 3.96. The van der Waals surface area contributed by atoms with Gasteiger partial charge >= 0.3 is 5.97 Å². The summed E-state index contributed by atoms with van der Waals surface area (Å²) in [5.74, 6) is 0.241. The number of nitrogens with one attached hydrogen (secondary N) is 2. The van der Waals surface area contributed by atoms with Crippen LogP contribution >= 0.6 is 23.8 Å². The van der Waals surface area contributed by atoms with Crippen molar-refractivity contribution in [3.63, 3.8) is 0 Å². The molecule has 0 saturated carbocycles. The Labute approximate surface area is 190 Å². The predicted octanol–water partition coefficient (Wildman–Crippen LogP) is 5.28. The molecule has 6 nitrogen and oxygen atoms in total. The van der Waals surface area contributed by atoms with Crippen molar-refractivity contribution in [3.05, 3.63) is 88.9 Å². The number of rotatable bonds is 7. The number of carbonyl (C=O) groups excluding carboxylic acids is 1. The van der Waals surface area contributed by atoms with Crippen LogP contribution in [0.1, 0.15) is 22.8 Å². The zero-order valence-corrected chi connectivity index (χ0v) is 18.2. The van der Waals surface area contributed by atoms with Crippen molar-refractivity contribution >= 4 is 46.8 Å². The van der Waals surface area contributed by atoms with Crippen LogP contribution in [0.4, 0.5) is 5.69 Å². The summed E-state index contributed by atoms with van der Waals surface area (Å²) in [5, 5.41) is 8.06. The Kier molecular flexibility index (Phi) is 7.98. The fraction of sp³-hybridized carbons (Fsp3) is 0.0870. The van der Waals surface area contributed by atoms with Crippen molar-refractivity contribution in [2.75, 3.05) is 11.9 Å². The van der Waals surface area contributed by atoms with E-state index in [1.54, 1.807) is 48.7 Å². The minimum atomic E-state index is -0.502. The fourth-order valence-corrected chi connectivity index (χ4v) is 2.84. The molecule has 0 aliphatic heterocycles. The molecule has 31 heavy (non-hydrogen) atoms. The molecule has 0 fully saturated rings. The number of hydrogen-bond donors (Lipinski definition) is 2. The molecule has 2 N–H and O–H groups in total. The third-order valence-corrected chi connectivity index (χ3v) is 4.41. The molecule has 0 unspecified atom stereocenters. The van der Waals surface area contributed by atoms with Crippen LogP contribution in [0.3, 0.4) is 0 Å². The van der Waals surface area contributed by atoms with Gasteiger partial charge in [0, 0.05) is 10.7 Å². The molecule has 0 aromatic heterocycles. The molecule has 3 aromatic carbocycles. The Hall–Kier alpha value is -3.42. The van der Waals surface area contributed by atoms with Crippen LogP contribution in [-0.4, -0.2) is 23.9 Å². The van der Waals surface area contributed by atoms with Crippen molar-refractivity contribution in [2.45, 2.75) is 6.92 Å². The number of carbonyl (C=O) groups is 1. The molecule has 0 atom stereocenters. The summed E-state index contributed by atoms with van der Waals surface area (Å²) < 4.78 is 11.1. The van der Waals surface area contributed by atoms with E-state index in [0.29, 0.717) is 33.8 Å². The molecule has 0 heterocycles. The van der Waals surface area contributed by atoms with Crippen LogP contribution in [0.15, 0.2) is 77.9 Å². The van der Waals surface area contributed by atoms with Crippen LogP contribution < -0.4 is 20.2 Å². The van der Waals surface area contributed by atoms with Gasteiger partial charge in [-0.25, -0.2) is 4.79 Å². The summed E-state index contributed by atoms with van der Waals surface area (Å²) in [6.45, 7) is 2.26. The Morgan fingerprint density at radius 2 is 1.81 bits per heavy atom. The highest BCUT2D eigenvalue weighted by atomic mass is 35.5. The topological polar surface area (TPSA) is 71.9 Å². The van der Waals surface area contributed by atoms with Crippen molar-refractivity contribution in [1.29, 1.82) is 0 Å². The lowest BCUT2D eigenvalue weighted by Crippen LogP contribution is -2.23. The molecular formula is C23H20ClN3O3S. The first-order chi connectivity index (χ1) is 15.0. The van der Waals surface area contributed by atoms with Crippen LogP contribution in [-0.2, 0) is 0 Å². The second-order valence-corrected chi connectivity index (χ2v) is 7.07. The van der Waals surface area contributed by atoms with E-state index in [0.717, 1.165) is 11.3 Å². The molecule has 0 spiro atoms. The lowest BCUT2D eigenvalue weighted by molar-refractivity contribution is 0.0728. The average molecular weight is 454 g/mol. The molecule has 0 bridgehead atoms. The second kappa shape index (κ2) is 11.1. The van der Waals surface area contributed by atoms with E-state index in [4.69, 9.17) is 33.3 Å². The number of para-hydroxylation sites is 1. The van der Waals surface area contributed by atoms with E-state index in [1.165, 1.54) is 0 Å². The van der Waals surface area contributed by atoms with E-state index in [1.807, 2.05) is 37.3 Å². The maximum absolute atomic E-state index is 12.4. The Morgan fingerprint density at radius 3 is 2.52 bits per heavy atom. The highest BCUT2D eigenvalue weighted by Crippen LogP contribution is 2.29. The first kappa shape index (κ1) is 22.3. The zero-order chi connectivity index (χ0) is 22.1. The third kappa shape index (κ3) is 6.80. The molecule has 0 saturated heterocycles.